The first kappa shape index (κ1) is 18.6. The van der Waals surface area contributed by atoms with Gasteiger partial charge in [-0.2, -0.15) is 0 Å². The summed E-state index contributed by atoms with van der Waals surface area (Å²) in [5, 5.41) is 0. The lowest BCUT2D eigenvalue weighted by Gasteiger charge is -2.58. The van der Waals surface area contributed by atoms with Gasteiger partial charge in [0.15, 0.2) is 17.2 Å². The van der Waals surface area contributed by atoms with Gasteiger partial charge in [-0.05, 0) is 75.0 Å². The number of fused-ring (bicyclic) bond motifs is 1. The molecule has 5 heteroatoms. The van der Waals surface area contributed by atoms with E-state index < -0.39 is 0 Å². The number of ether oxygens (including phenoxy) is 2. The zero-order chi connectivity index (χ0) is 20.2. The molecular weight excluding hydrogens is 362 g/mol. The number of methoxy groups -OCH3 is 1. The molecule has 2 fully saturated rings. The highest BCUT2D eigenvalue weighted by Crippen LogP contribution is 2.59. The quantitative estimate of drug-likeness (QED) is 0.759. The van der Waals surface area contributed by atoms with Crippen molar-refractivity contribution < 1.29 is 9.47 Å². The Morgan fingerprint density at radius 3 is 2.69 bits per heavy atom. The second-order valence-corrected chi connectivity index (χ2v) is 9.04. The Kier molecular flexibility index (Phi) is 4.39. The molecule has 1 saturated heterocycles. The molecule has 1 saturated carbocycles. The first-order valence-electron chi connectivity index (χ1n) is 10.8. The van der Waals surface area contributed by atoms with Gasteiger partial charge in [0.05, 0.1) is 12.8 Å². The monoisotopic (exact) mass is 393 g/mol. The minimum Gasteiger partial charge on any atom is -0.493 e. The Labute approximate surface area is 173 Å². The van der Waals surface area contributed by atoms with E-state index in [0.29, 0.717) is 29.1 Å². The predicted molar refractivity (Wildman–Crippen MR) is 117 cm³/mol. The van der Waals surface area contributed by atoms with Crippen LogP contribution < -0.4 is 20.9 Å². The van der Waals surface area contributed by atoms with Crippen molar-refractivity contribution in [3.63, 3.8) is 0 Å². The van der Waals surface area contributed by atoms with Gasteiger partial charge in [-0.3, -0.25) is 0 Å². The summed E-state index contributed by atoms with van der Waals surface area (Å²) >= 11 is 0. The number of benzene rings is 2. The largest absolute Gasteiger partial charge is 0.493 e. The Morgan fingerprint density at radius 1 is 1.07 bits per heavy atom. The van der Waals surface area contributed by atoms with Crippen LogP contribution in [0.25, 0.3) is 0 Å². The van der Waals surface area contributed by atoms with Crippen molar-refractivity contribution in [2.45, 2.75) is 50.0 Å². The highest BCUT2D eigenvalue weighted by Gasteiger charge is 2.54. The lowest BCUT2D eigenvalue weighted by molar-refractivity contribution is 0.00155. The van der Waals surface area contributed by atoms with Crippen LogP contribution >= 0.6 is 0 Å². The van der Waals surface area contributed by atoms with Gasteiger partial charge in [0.2, 0.25) is 0 Å². The third-order valence-corrected chi connectivity index (χ3v) is 7.64. The lowest BCUT2D eigenvalue weighted by atomic mass is 9.52. The van der Waals surface area contributed by atoms with Crippen LogP contribution in [0.1, 0.15) is 43.2 Å². The first-order chi connectivity index (χ1) is 14.0. The number of likely N-dealkylation sites (tertiary alicyclic amines) is 1. The van der Waals surface area contributed by atoms with E-state index in [1.54, 1.807) is 13.2 Å². The third-order valence-electron chi connectivity index (χ3n) is 7.64. The van der Waals surface area contributed by atoms with Crippen LogP contribution in [0.15, 0.2) is 30.3 Å². The van der Waals surface area contributed by atoms with E-state index in [2.05, 4.69) is 24.1 Å². The third kappa shape index (κ3) is 2.78. The molecule has 0 radical (unpaired) electrons. The minimum absolute atomic E-state index is 0.176. The zero-order valence-corrected chi connectivity index (χ0v) is 17.4. The van der Waals surface area contributed by atoms with Gasteiger partial charge >= 0.3 is 0 Å². The normalized spacial score (nSPS) is 28.3. The Bertz CT molecular complexity index is 944. The minimum atomic E-state index is 0.176. The van der Waals surface area contributed by atoms with Crippen LogP contribution in [0.3, 0.4) is 0 Å². The average Bonchev–Trinajstić information content (AvgIpc) is 2.72. The highest BCUT2D eigenvalue weighted by molar-refractivity contribution is 5.64. The molecule has 29 heavy (non-hydrogen) atoms. The molecule has 3 aliphatic rings. The number of hydrogen-bond donors (Lipinski definition) is 2. The number of piperidine rings is 1. The van der Waals surface area contributed by atoms with Gasteiger partial charge in [0.25, 0.3) is 0 Å². The van der Waals surface area contributed by atoms with Crippen LogP contribution in [-0.4, -0.2) is 31.6 Å². The van der Waals surface area contributed by atoms with Gasteiger partial charge in [0, 0.05) is 22.7 Å². The zero-order valence-electron chi connectivity index (χ0n) is 17.4. The molecule has 2 aliphatic carbocycles. The maximum atomic E-state index is 6.53. The lowest BCUT2D eigenvalue weighted by Crippen LogP contribution is -2.59. The SMILES string of the molecule is COc1ccc2c(c1Oc1ccc(N)cc1N)[C@@]13CCCC[C@H]1C(C2)N(C)CC3. The Morgan fingerprint density at radius 2 is 1.90 bits per heavy atom. The summed E-state index contributed by atoms with van der Waals surface area (Å²) in [5.74, 6) is 2.97. The fraction of sp³-hybridized carbons (Fsp3) is 0.500. The van der Waals surface area contributed by atoms with Crippen molar-refractivity contribution in [1.82, 2.24) is 4.90 Å². The Hall–Kier alpha value is -2.40. The van der Waals surface area contributed by atoms with Gasteiger partial charge < -0.3 is 25.8 Å². The van der Waals surface area contributed by atoms with E-state index in [1.165, 1.54) is 43.2 Å². The molecule has 2 aromatic rings. The first-order valence-corrected chi connectivity index (χ1v) is 10.8. The van der Waals surface area contributed by atoms with Crippen LogP contribution in [-0.2, 0) is 11.8 Å². The highest BCUT2D eigenvalue weighted by atomic mass is 16.5. The molecular formula is C24H31N3O2. The van der Waals surface area contributed by atoms with E-state index >= 15 is 0 Å². The molecule has 1 heterocycles. The molecule has 154 valence electrons. The van der Waals surface area contributed by atoms with E-state index in [1.807, 2.05) is 12.1 Å². The molecule has 0 amide bonds. The summed E-state index contributed by atoms with van der Waals surface area (Å²) in [4.78, 5) is 2.58. The smallest absolute Gasteiger partial charge is 0.173 e. The fourth-order valence-corrected chi connectivity index (χ4v) is 6.30. The molecule has 4 N–H and O–H groups in total. The van der Waals surface area contributed by atoms with Crippen LogP contribution in [0.4, 0.5) is 11.4 Å². The number of anilines is 2. The maximum absolute atomic E-state index is 6.53. The van der Waals surface area contributed by atoms with Crippen LogP contribution in [0, 0.1) is 5.92 Å². The molecule has 2 aromatic carbocycles. The summed E-state index contributed by atoms with van der Waals surface area (Å²) in [6.07, 6.45) is 7.41. The fourth-order valence-electron chi connectivity index (χ4n) is 6.30. The second kappa shape index (κ2) is 6.84. The van der Waals surface area contributed by atoms with Crippen molar-refractivity contribution in [3.05, 3.63) is 41.5 Å². The van der Waals surface area contributed by atoms with Gasteiger partial charge in [0.1, 0.15) is 0 Å². The number of nitrogens with zero attached hydrogens (tertiary/aromatic N) is 1. The number of rotatable bonds is 3. The molecule has 0 aromatic heterocycles. The summed E-state index contributed by atoms with van der Waals surface area (Å²) in [5.41, 5.74) is 16.3. The van der Waals surface area contributed by atoms with Crippen molar-refractivity contribution >= 4 is 11.4 Å². The number of nitrogens with two attached hydrogens (primary N) is 2. The van der Waals surface area contributed by atoms with Crippen LogP contribution in [0.5, 0.6) is 17.2 Å². The standard InChI is InChI=1S/C24H31N3O2/c1-27-12-11-24-10-4-3-5-17(24)19(27)13-15-6-8-21(28-2)23(22(15)24)29-20-9-7-16(25)14-18(20)26/h6-9,14,17,19H,3-5,10-13,25-26H2,1-2H3/t17-,19?,24+/m0/s1. The summed E-state index contributed by atoms with van der Waals surface area (Å²) in [7, 11) is 4.02. The predicted octanol–water partition coefficient (Wildman–Crippen LogP) is 4.34. The number of likely N-dealkylation sites (N-methyl/N-ethyl adjacent to an activating group) is 1. The number of hydrogen-bond acceptors (Lipinski definition) is 5. The van der Waals surface area contributed by atoms with Crippen molar-refractivity contribution in [2.24, 2.45) is 5.92 Å². The topological polar surface area (TPSA) is 73.7 Å². The molecule has 5 nitrogen and oxygen atoms in total. The van der Waals surface area contributed by atoms with E-state index in [0.717, 1.165) is 24.5 Å². The molecule has 1 unspecified atom stereocenters. The molecule has 1 aliphatic heterocycles. The Balaban J connectivity index is 1.69. The summed E-state index contributed by atoms with van der Waals surface area (Å²) in [6.45, 7) is 1.14. The second-order valence-electron chi connectivity index (χ2n) is 9.04. The van der Waals surface area contributed by atoms with Crippen molar-refractivity contribution in [3.8, 4) is 17.2 Å². The van der Waals surface area contributed by atoms with E-state index in [-0.39, 0.29) is 5.41 Å². The van der Waals surface area contributed by atoms with Gasteiger partial charge in [-0.25, -0.2) is 0 Å². The summed E-state index contributed by atoms with van der Waals surface area (Å²) in [6, 6.07) is 10.4. The maximum Gasteiger partial charge on any atom is 0.173 e. The molecule has 2 bridgehead atoms. The average molecular weight is 394 g/mol. The van der Waals surface area contributed by atoms with Crippen molar-refractivity contribution in [1.29, 1.82) is 0 Å². The van der Waals surface area contributed by atoms with Crippen LogP contribution in [0.2, 0.25) is 0 Å². The van der Waals surface area contributed by atoms with Crippen molar-refractivity contribution in [2.75, 3.05) is 32.2 Å². The summed E-state index contributed by atoms with van der Waals surface area (Å²) < 4.78 is 12.3. The molecule has 5 rings (SSSR count). The number of nitrogen functional groups attached to an aromatic ring is 2. The van der Waals surface area contributed by atoms with Gasteiger partial charge in [-0.15, -0.1) is 0 Å². The van der Waals surface area contributed by atoms with E-state index in [4.69, 9.17) is 20.9 Å². The molecule has 0 spiro atoms. The van der Waals surface area contributed by atoms with E-state index in [9.17, 15) is 0 Å². The van der Waals surface area contributed by atoms with Gasteiger partial charge in [-0.1, -0.05) is 18.9 Å². The molecule has 3 atom stereocenters.